The normalized spacial score (nSPS) is 12.5. The standard InChI is InChI=1S/C16H9IN2OS/c17-11-7-5-10(6-8-11)9-14-15(20)19-13-4-2-1-3-12(13)18-16(19)21-14/h1-9H/b14-9+. The van der Waals surface area contributed by atoms with Gasteiger partial charge in [0.2, 0.25) is 0 Å². The minimum Gasteiger partial charge on any atom is -0.267 e. The van der Waals surface area contributed by atoms with Crippen LogP contribution in [-0.4, -0.2) is 9.38 Å². The summed E-state index contributed by atoms with van der Waals surface area (Å²) in [5, 5.41) is 0. The Balaban J connectivity index is 2.00. The van der Waals surface area contributed by atoms with Crippen molar-refractivity contribution in [2.45, 2.75) is 0 Å². The molecule has 4 aromatic rings. The molecule has 2 aromatic heterocycles. The average Bonchev–Trinajstić information content (AvgIpc) is 2.99. The van der Waals surface area contributed by atoms with Crippen LogP contribution in [0, 0.1) is 3.57 Å². The van der Waals surface area contributed by atoms with Gasteiger partial charge in [0, 0.05) is 3.57 Å². The van der Waals surface area contributed by atoms with Gasteiger partial charge in [0.1, 0.15) is 0 Å². The number of halogens is 1. The Labute approximate surface area is 137 Å². The summed E-state index contributed by atoms with van der Waals surface area (Å²) in [7, 11) is 0. The zero-order valence-corrected chi connectivity index (χ0v) is 13.8. The van der Waals surface area contributed by atoms with Crippen molar-refractivity contribution in [3.05, 3.63) is 72.6 Å². The van der Waals surface area contributed by atoms with Gasteiger partial charge in [-0.1, -0.05) is 35.6 Å². The molecule has 5 heteroatoms. The van der Waals surface area contributed by atoms with Crippen molar-refractivity contribution in [3.63, 3.8) is 0 Å². The van der Waals surface area contributed by atoms with Crippen LogP contribution in [0.15, 0.2) is 53.3 Å². The molecule has 0 amide bonds. The molecule has 0 fully saturated rings. The number of aromatic nitrogens is 2. The minimum absolute atomic E-state index is 0.00208. The summed E-state index contributed by atoms with van der Waals surface area (Å²) in [6.07, 6.45) is 1.92. The fraction of sp³-hybridized carbons (Fsp3) is 0. The second-order valence-corrected chi connectivity index (χ2v) is 6.94. The lowest BCUT2D eigenvalue weighted by atomic mass is 10.2. The van der Waals surface area contributed by atoms with Crippen LogP contribution < -0.4 is 10.1 Å². The van der Waals surface area contributed by atoms with E-state index < -0.39 is 0 Å². The number of hydrogen-bond acceptors (Lipinski definition) is 3. The Bertz CT molecular complexity index is 1060. The van der Waals surface area contributed by atoms with Crippen LogP contribution in [-0.2, 0) is 0 Å². The van der Waals surface area contributed by atoms with Crippen molar-refractivity contribution in [1.82, 2.24) is 9.38 Å². The number of nitrogens with zero attached hydrogens (tertiary/aromatic N) is 2. The van der Waals surface area contributed by atoms with Crippen molar-refractivity contribution >= 4 is 56.0 Å². The van der Waals surface area contributed by atoms with Crippen LogP contribution in [0.2, 0.25) is 0 Å². The third-order valence-corrected chi connectivity index (χ3v) is 5.00. The number of thiazole rings is 1. The number of hydrogen-bond donors (Lipinski definition) is 0. The Hall–Kier alpha value is -1.73. The van der Waals surface area contributed by atoms with Crippen LogP contribution >= 0.6 is 33.9 Å². The molecule has 0 radical (unpaired) electrons. The van der Waals surface area contributed by atoms with Crippen LogP contribution in [0.1, 0.15) is 5.56 Å². The molecule has 0 aliphatic heterocycles. The first kappa shape index (κ1) is 13.0. The van der Waals surface area contributed by atoms with E-state index in [9.17, 15) is 4.79 Å². The van der Waals surface area contributed by atoms with E-state index in [-0.39, 0.29) is 5.56 Å². The number of rotatable bonds is 1. The second-order valence-electron chi connectivity index (χ2n) is 4.69. The van der Waals surface area contributed by atoms with E-state index in [0.29, 0.717) is 4.53 Å². The first-order chi connectivity index (χ1) is 10.2. The second kappa shape index (κ2) is 4.92. The molecular formula is C16H9IN2OS. The van der Waals surface area contributed by atoms with Crippen LogP contribution in [0.5, 0.6) is 0 Å². The molecule has 0 spiro atoms. The molecule has 0 atom stereocenters. The zero-order valence-electron chi connectivity index (χ0n) is 10.8. The van der Waals surface area contributed by atoms with E-state index in [4.69, 9.17) is 0 Å². The highest BCUT2D eigenvalue weighted by Crippen LogP contribution is 2.15. The number of imidazole rings is 1. The molecule has 0 bridgehead atoms. The van der Waals surface area contributed by atoms with Gasteiger partial charge < -0.3 is 0 Å². The minimum atomic E-state index is 0.00208. The van der Waals surface area contributed by atoms with Crippen molar-refractivity contribution in [3.8, 4) is 0 Å². The largest absolute Gasteiger partial charge is 0.274 e. The Morgan fingerprint density at radius 2 is 1.86 bits per heavy atom. The fourth-order valence-corrected chi connectivity index (χ4v) is 3.67. The van der Waals surface area contributed by atoms with Crippen LogP contribution in [0.4, 0.5) is 0 Å². The molecule has 0 saturated carbocycles. The van der Waals surface area contributed by atoms with Gasteiger partial charge in [0.25, 0.3) is 5.56 Å². The molecule has 0 aliphatic rings. The average molecular weight is 404 g/mol. The highest BCUT2D eigenvalue weighted by Gasteiger charge is 2.10. The lowest BCUT2D eigenvalue weighted by molar-refractivity contribution is 1.19. The molecule has 4 rings (SSSR count). The van der Waals surface area contributed by atoms with E-state index in [1.54, 1.807) is 4.40 Å². The van der Waals surface area contributed by atoms with Gasteiger partial charge in [-0.15, -0.1) is 0 Å². The molecule has 0 unspecified atom stereocenters. The SMILES string of the molecule is O=c1/c(=C\c2ccc(I)cc2)sc2nc3ccccc3n12. The summed E-state index contributed by atoms with van der Waals surface area (Å²) in [4.78, 5) is 17.8. The maximum Gasteiger partial charge on any atom is 0.274 e. The predicted octanol–water partition coefficient (Wildman–Crippen LogP) is 3.06. The summed E-state index contributed by atoms with van der Waals surface area (Å²) < 4.78 is 3.59. The molecule has 2 aromatic carbocycles. The van der Waals surface area contributed by atoms with Gasteiger partial charge >= 0.3 is 0 Å². The summed E-state index contributed by atoms with van der Waals surface area (Å²) in [5.74, 6) is 0. The maximum atomic E-state index is 12.6. The van der Waals surface area contributed by atoms with Gasteiger partial charge in [-0.05, 0) is 58.5 Å². The predicted molar refractivity (Wildman–Crippen MR) is 94.8 cm³/mol. The molecule has 0 aliphatic carbocycles. The fourth-order valence-electron chi connectivity index (χ4n) is 2.32. The van der Waals surface area contributed by atoms with Crippen molar-refractivity contribution < 1.29 is 0 Å². The van der Waals surface area contributed by atoms with Crippen molar-refractivity contribution in [1.29, 1.82) is 0 Å². The summed E-state index contributed by atoms with van der Waals surface area (Å²) >= 11 is 3.70. The lowest BCUT2D eigenvalue weighted by Crippen LogP contribution is -2.22. The van der Waals surface area contributed by atoms with E-state index in [1.165, 1.54) is 14.9 Å². The third kappa shape index (κ3) is 2.16. The smallest absolute Gasteiger partial charge is 0.267 e. The molecule has 21 heavy (non-hydrogen) atoms. The van der Waals surface area contributed by atoms with Gasteiger partial charge in [0.15, 0.2) is 4.96 Å². The topological polar surface area (TPSA) is 34.4 Å². The number of fused-ring (bicyclic) bond motifs is 3. The van der Waals surface area contributed by atoms with E-state index in [2.05, 4.69) is 27.6 Å². The molecule has 2 heterocycles. The molecule has 0 saturated heterocycles. The molecular weight excluding hydrogens is 395 g/mol. The maximum absolute atomic E-state index is 12.6. The molecule has 102 valence electrons. The summed E-state index contributed by atoms with van der Waals surface area (Å²) in [5.41, 5.74) is 2.77. The summed E-state index contributed by atoms with van der Waals surface area (Å²) in [6.45, 7) is 0. The van der Waals surface area contributed by atoms with E-state index in [1.807, 2.05) is 54.6 Å². The first-order valence-corrected chi connectivity index (χ1v) is 8.29. The monoisotopic (exact) mass is 404 g/mol. The van der Waals surface area contributed by atoms with E-state index >= 15 is 0 Å². The van der Waals surface area contributed by atoms with Gasteiger partial charge in [-0.2, -0.15) is 0 Å². The van der Waals surface area contributed by atoms with Crippen LogP contribution in [0.3, 0.4) is 0 Å². The number of benzene rings is 2. The van der Waals surface area contributed by atoms with Gasteiger partial charge in [-0.25, -0.2) is 9.38 Å². The molecule has 0 N–H and O–H groups in total. The Morgan fingerprint density at radius 3 is 2.67 bits per heavy atom. The zero-order chi connectivity index (χ0) is 14.4. The Kier molecular flexibility index (Phi) is 3.04. The van der Waals surface area contributed by atoms with Gasteiger partial charge in [0.05, 0.1) is 15.6 Å². The Morgan fingerprint density at radius 1 is 1.10 bits per heavy atom. The lowest BCUT2D eigenvalue weighted by Gasteiger charge is -1.91. The third-order valence-electron chi connectivity index (χ3n) is 3.31. The highest BCUT2D eigenvalue weighted by molar-refractivity contribution is 14.1. The molecule has 3 nitrogen and oxygen atoms in total. The number of para-hydroxylation sites is 2. The van der Waals surface area contributed by atoms with E-state index in [0.717, 1.165) is 21.6 Å². The highest BCUT2D eigenvalue weighted by atomic mass is 127. The summed E-state index contributed by atoms with van der Waals surface area (Å²) in [6, 6.07) is 15.8. The van der Waals surface area contributed by atoms with Crippen molar-refractivity contribution in [2.24, 2.45) is 0 Å². The first-order valence-electron chi connectivity index (χ1n) is 6.40. The van der Waals surface area contributed by atoms with Crippen molar-refractivity contribution in [2.75, 3.05) is 0 Å². The quantitative estimate of drug-likeness (QED) is 0.457. The van der Waals surface area contributed by atoms with Gasteiger partial charge in [-0.3, -0.25) is 4.79 Å². The van der Waals surface area contributed by atoms with Crippen LogP contribution in [0.25, 0.3) is 22.1 Å².